The summed E-state index contributed by atoms with van der Waals surface area (Å²) in [4.78, 5) is 10.2. The number of aryl methyl sites for hydroxylation is 1. The molecule has 0 radical (unpaired) electrons. The zero-order chi connectivity index (χ0) is 9.54. The van der Waals surface area contributed by atoms with E-state index >= 15 is 0 Å². The molecule has 0 N–H and O–H groups in total. The minimum Gasteiger partial charge on any atom is -0.284 e. The second kappa shape index (κ2) is 2.95. The van der Waals surface area contributed by atoms with E-state index in [0.717, 1.165) is 5.69 Å². The van der Waals surface area contributed by atoms with Crippen molar-refractivity contribution in [3.63, 3.8) is 0 Å². The fraction of sp³-hybridized carbons (Fsp3) is 0.273. The van der Waals surface area contributed by atoms with Gasteiger partial charge < -0.3 is 0 Å². The first kappa shape index (κ1) is 8.24. The van der Waals surface area contributed by atoms with Crippen LogP contribution < -0.4 is 0 Å². The molecule has 1 aromatic rings. The van der Waals surface area contributed by atoms with Gasteiger partial charge in [0.05, 0.1) is 17.0 Å². The van der Waals surface area contributed by atoms with Crippen LogP contribution in [0.5, 0.6) is 0 Å². The highest BCUT2D eigenvalue weighted by atomic mass is 32.2. The van der Waals surface area contributed by atoms with Crippen LogP contribution in [-0.2, 0) is 0 Å². The Labute approximate surface area is 87.2 Å². The van der Waals surface area contributed by atoms with Gasteiger partial charge in [-0.2, -0.15) is 0 Å². The summed E-state index contributed by atoms with van der Waals surface area (Å²) in [6.45, 7) is 2.07. The standard InChI is InChI=1S/C11H10N2S/c1-7-11-8(4-6-12-7)10-9(14-11)3-2-5-13-10/h2-6,9-10H,1H3. The Kier molecular flexibility index (Phi) is 1.74. The molecule has 2 aliphatic rings. The first-order valence-electron chi connectivity index (χ1n) is 4.68. The fourth-order valence-electron chi connectivity index (χ4n) is 1.95. The Morgan fingerprint density at radius 2 is 2.36 bits per heavy atom. The molecule has 0 spiro atoms. The van der Waals surface area contributed by atoms with Crippen LogP contribution in [0.2, 0.25) is 0 Å². The Hall–Kier alpha value is -1.09. The zero-order valence-corrected chi connectivity index (χ0v) is 8.66. The van der Waals surface area contributed by atoms with Crippen LogP contribution in [0.25, 0.3) is 0 Å². The van der Waals surface area contributed by atoms with Crippen molar-refractivity contribution in [1.29, 1.82) is 0 Å². The molecule has 0 saturated heterocycles. The van der Waals surface area contributed by atoms with E-state index in [1.165, 1.54) is 10.5 Å². The predicted molar refractivity (Wildman–Crippen MR) is 59.0 cm³/mol. The summed E-state index contributed by atoms with van der Waals surface area (Å²) in [7, 11) is 0. The summed E-state index contributed by atoms with van der Waals surface area (Å²) in [5.41, 5.74) is 2.47. The number of hydrogen-bond donors (Lipinski definition) is 0. The van der Waals surface area contributed by atoms with E-state index in [-0.39, 0.29) is 0 Å². The Morgan fingerprint density at radius 3 is 3.29 bits per heavy atom. The topological polar surface area (TPSA) is 25.2 Å². The molecule has 2 nitrogen and oxygen atoms in total. The normalized spacial score (nSPS) is 27.5. The molecule has 2 aliphatic heterocycles. The maximum atomic E-state index is 4.51. The third kappa shape index (κ3) is 1.05. The van der Waals surface area contributed by atoms with E-state index < -0.39 is 0 Å². The molecule has 2 unspecified atom stereocenters. The molecule has 0 bridgehead atoms. The van der Waals surface area contributed by atoms with Gasteiger partial charge in [-0.3, -0.25) is 9.98 Å². The minimum absolute atomic E-state index is 0.321. The maximum absolute atomic E-state index is 4.51. The van der Waals surface area contributed by atoms with Gasteiger partial charge in [0.1, 0.15) is 0 Å². The van der Waals surface area contributed by atoms with Crippen molar-refractivity contribution in [1.82, 2.24) is 4.98 Å². The van der Waals surface area contributed by atoms with E-state index in [9.17, 15) is 0 Å². The quantitative estimate of drug-likeness (QED) is 0.646. The number of aromatic nitrogens is 1. The molecule has 0 aliphatic carbocycles. The Morgan fingerprint density at radius 1 is 1.43 bits per heavy atom. The first-order valence-corrected chi connectivity index (χ1v) is 5.56. The van der Waals surface area contributed by atoms with Crippen LogP contribution in [0.4, 0.5) is 0 Å². The Bertz CT molecular complexity index is 437. The summed E-state index contributed by atoms with van der Waals surface area (Å²) < 4.78 is 0. The number of thioether (sulfide) groups is 1. The summed E-state index contributed by atoms with van der Waals surface area (Å²) in [6, 6.07) is 2.41. The van der Waals surface area contributed by atoms with Gasteiger partial charge in [0.25, 0.3) is 0 Å². The van der Waals surface area contributed by atoms with Gasteiger partial charge in [-0.25, -0.2) is 0 Å². The molecule has 1 aromatic heterocycles. The highest BCUT2D eigenvalue weighted by Gasteiger charge is 2.33. The van der Waals surface area contributed by atoms with Gasteiger partial charge in [-0.15, -0.1) is 11.8 Å². The van der Waals surface area contributed by atoms with Crippen molar-refractivity contribution in [3.05, 3.63) is 35.7 Å². The number of dihydropyridines is 1. The monoisotopic (exact) mass is 202 g/mol. The smallest absolute Gasteiger partial charge is 0.0918 e. The van der Waals surface area contributed by atoms with Crippen LogP contribution in [0.3, 0.4) is 0 Å². The molecule has 0 saturated carbocycles. The molecule has 3 heteroatoms. The van der Waals surface area contributed by atoms with E-state index in [1.807, 2.05) is 30.2 Å². The Balaban J connectivity index is 2.15. The predicted octanol–water partition coefficient (Wildman–Crippen LogP) is 2.55. The number of fused-ring (bicyclic) bond motifs is 3. The largest absolute Gasteiger partial charge is 0.284 e. The second-order valence-corrected chi connectivity index (χ2v) is 4.71. The van der Waals surface area contributed by atoms with Crippen molar-refractivity contribution in [2.45, 2.75) is 23.1 Å². The summed E-state index contributed by atoms with van der Waals surface area (Å²) in [5, 5.41) is 0.484. The molecule has 14 heavy (non-hydrogen) atoms. The lowest BCUT2D eigenvalue weighted by atomic mass is 10.0. The molecular weight excluding hydrogens is 192 g/mol. The first-order chi connectivity index (χ1) is 6.86. The van der Waals surface area contributed by atoms with Crippen molar-refractivity contribution < 1.29 is 0 Å². The van der Waals surface area contributed by atoms with Gasteiger partial charge in [-0.05, 0) is 24.6 Å². The van der Waals surface area contributed by atoms with E-state index in [4.69, 9.17) is 0 Å². The van der Waals surface area contributed by atoms with Crippen molar-refractivity contribution in [3.8, 4) is 0 Å². The van der Waals surface area contributed by atoms with Gasteiger partial charge in [0, 0.05) is 17.3 Å². The molecule has 2 atom stereocenters. The van der Waals surface area contributed by atoms with E-state index in [1.54, 1.807) is 0 Å². The molecule has 0 fully saturated rings. The number of nitrogens with zero attached hydrogens (tertiary/aromatic N) is 2. The lowest BCUT2D eigenvalue weighted by Crippen LogP contribution is -2.07. The average molecular weight is 202 g/mol. The molecule has 3 heterocycles. The summed E-state index contributed by atoms with van der Waals surface area (Å²) in [6.07, 6.45) is 8.03. The highest BCUT2D eigenvalue weighted by Crippen LogP contribution is 2.48. The summed E-state index contributed by atoms with van der Waals surface area (Å²) in [5.74, 6) is 0. The van der Waals surface area contributed by atoms with Crippen LogP contribution in [-0.4, -0.2) is 16.4 Å². The molecule has 0 aromatic carbocycles. The minimum atomic E-state index is 0.321. The third-order valence-corrected chi connectivity index (χ3v) is 4.08. The lowest BCUT2D eigenvalue weighted by Gasteiger charge is -2.13. The maximum Gasteiger partial charge on any atom is 0.0918 e. The number of rotatable bonds is 0. The zero-order valence-electron chi connectivity index (χ0n) is 7.84. The van der Waals surface area contributed by atoms with Crippen LogP contribution in [0.1, 0.15) is 17.3 Å². The number of allylic oxidation sites excluding steroid dienone is 1. The van der Waals surface area contributed by atoms with Gasteiger partial charge >= 0.3 is 0 Å². The molecular formula is C11H10N2S. The second-order valence-electron chi connectivity index (χ2n) is 3.53. The lowest BCUT2D eigenvalue weighted by molar-refractivity contribution is 0.758. The summed E-state index contributed by atoms with van der Waals surface area (Å²) >= 11 is 1.88. The average Bonchev–Trinajstić information content (AvgIpc) is 2.59. The van der Waals surface area contributed by atoms with Crippen molar-refractivity contribution in [2.24, 2.45) is 4.99 Å². The van der Waals surface area contributed by atoms with Crippen LogP contribution in [0.15, 0.2) is 34.3 Å². The van der Waals surface area contributed by atoms with Crippen LogP contribution >= 0.6 is 11.8 Å². The molecule has 70 valence electrons. The molecule has 3 rings (SSSR count). The van der Waals surface area contributed by atoms with Crippen molar-refractivity contribution >= 4 is 18.0 Å². The number of aliphatic imine (C=N–C) groups is 1. The molecule has 0 amide bonds. The highest BCUT2D eigenvalue weighted by molar-refractivity contribution is 8.00. The number of hydrogen-bond acceptors (Lipinski definition) is 3. The third-order valence-electron chi connectivity index (χ3n) is 2.63. The van der Waals surface area contributed by atoms with Crippen molar-refractivity contribution in [2.75, 3.05) is 0 Å². The van der Waals surface area contributed by atoms with E-state index in [0.29, 0.717) is 11.3 Å². The SMILES string of the molecule is Cc1nccc2c1SC1C=CC=NC21. The van der Waals surface area contributed by atoms with E-state index in [2.05, 4.69) is 29.0 Å². The van der Waals surface area contributed by atoms with Gasteiger partial charge in [0.2, 0.25) is 0 Å². The van der Waals surface area contributed by atoms with Gasteiger partial charge in [-0.1, -0.05) is 6.08 Å². The number of pyridine rings is 1. The fourth-order valence-corrected chi connectivity index (χ4v) is 3.28. The van der Waals surface area contributed by atoms with Crippen LogP contribution in [0, 0.1) is 6.92 Å². The van der Waals surface area contributed by atoms with Gasteiger partial charge in [0.15, 0.2) is 0 Å².